The zero-order valence-corrected chi connectivity index (χ0v) is 28.9. The average molecular weight is 599 g/mol. The predicted octanol–water partition coefficient (Wildman–Crippen LogP) is 12.6. The van der Waals surface area contributed by atoms with E-state index in [1.807, 2.05) is 0 Å². The standard InChI is InChI=1S/C36H74N2S2/c37-34-32-30-28-26-24-22-20-18-16-14-12-10-8-6-4-2-1-3-5-7-9-11-13-15-17-19-21-23-25-27-29-31-33-35-38-36(39)40/h1-35,37H2,(H2,38,39,40). The zero-order valence-electron chi connectivity index (χ0n) is 27.2. The number of unbranched alkanes of at least 4 members (excludes halogenated alkanes) is 32. The Morgan fingerprint density at radius 1 is 0.350 bits per heavy atom. The normalized spacial score (nSPS) is 11.3. The Kier molecular flexibility index (Phi) is 37.4. The van der Waals surface area contributed by atoms with Crippen molar-refractivity contribution in [1.29, 1.82) is 0 Å². The highest BCUT2D eigenvalue weighted by atomic mass is 32.1. The Hall–Kier alpha value is 0.200. The molecule has 0 rings (SSSR count). The highest BCUT2D eigenvalue weighted by Gasteiger charge is 1.97. The number of nitrogens with two attached hydrogens (primary N) is 1. The largest absolute Gasteiger partial charge is 0.371 e. The summed E-state index contributed by atoms with van der Waals surface area (Å²) in [5.74, 6) is 0. The molecule has 0 atom stereocenters. The van der Waals surface area contributed by atoms with E-state index in [0.717, 1.165) is 13.1 Å². The molecule has 0 saturated heterocycles. The summed E-state index contributed by atoms with van der Waals surface area (Å²) in [6, 6.07) is 0. The molecule has 0 fully saturated rings. The van der Waals surface area contributed by atoms with Crippen LogP contribution >= 0.6 is 24.8 Å². The number of hydrogen-bond acceptors (Lipinski definition) is 2. The molecule has 3 N–H and O–H groups in total. The van der Waals surface area contributed by atoms with Crippen LogP contribution in [0.1, 0.15) is 212 Å². The maximum Gasteiger partial charge on any atom is 0.130 e. The highest BCUT2D eigenvalue weighted by Crippen LogP contribution is 2.16. The van der Waals surface area contributed by atoms with Gasteiger partial charge in [0.2, 0.25) is 0 Å². The second-order valence-electron chi connectivity index (χ2n) is 12.7. The van der Waals surface area contributed by atoms with Gasteiger partial charge in [0, 0.05) is 6.54 Å². The van der Waals surface area contributed by atoms with Gasteiger partial charge in [-0.1, -0.05) is 211 Å². The van der Waals surface area contributed by atoms with Crippen LogP contribution in [0, 0.1) is 0 Å². The first-order valence-corrected chi connectivity index (χ1v) is 19.3. The van der Waals surface area contributed by atoms with E-state index in [-0.39, 0.29) is 0 Å². The van der Waals surface area contributed by atoms with Crippen molar-refractivity contribution >= 4 is 29.2 Å². The summed E-state index contributed by atoms with van der Waals surface area (Å²) >= 11 is 8.99. The van der Waals surface area contributed by atoms with E-state index in [2.05, 4.69) is 17.9 Å². The second-order valence-corrected chi connectivity index (χ2v) is 13.8. The van der Waals surface area contributed by atoms with Gasteiger partial charge >= 0.3 is 0 Å². The van der Waals surface area contributed by atoms with Crippen LogP contribution in [0.25, 0.3) is 0 Å². The van der Waals surface area contributed by atoms with Crippen molar-refractivity contribution in [2.24, 2.45) is 5.73 Å². The van der Waals surface area contributed by atoms with Crippen molar-refractivity contribution in [1.82, 2.24) is 5.32 Å². The van der Waals surface area contributed by atoms with Crippen LogP contribution in [0.5, 0.6) is 0 Å². The molecule has 0 spiro atoms. The third-order valence-electron chi connectivity index (χ3n) is 8.66. The van der Waals surface area contributed by atoms with Crippen LogP contribution in [-0.4, -0.2) is 17.4 Å². The van der Waals surface area contributed by atoms with Crippen LogP contribution in [0.15, 0.2) is 0 Å². The summed E-state index contributed by atoms with van der Waals surface area (Å²) in [5.41, 5.74) is 5.55. The van der Waals surface area contributed by atoms with E-state index in [4.69, 9.17) is 18.0 Å². The van der Waals surface area contributed by atoms with Crippen molar-refractivity contribution in [3.8, 4) is 0 Å². The van der Waals surface area contributed by atoms with Crippen molar-refractivity contribution < 1.29 is 0 Å². The van der Waals surface area contributed by atoms with E-state index >= 15 is 0 Å². The molecule has 0 amide bonds. The Morgan fingerprint density at radius 3 is 0.700 bits per heavy atom. The van der Waals surface area contributed by atoms with Crippen molar-refractivity contribution in [3.63, 3.8) is 0 Å². The molecule has 0 radical (unpaired) electrons. The smallest absolute Gasteiger partial charge is 0.130 e. The molecular weight excluding hydrogens is 525 g/mol. The lowest BCUT2D eigenvalue weighted by atomic mass is 10.0. The molecule has 240 valence electrons. The molecule has 0 aliphatic heterocycles. The van der Waals surface area contributed by atoms with Gasteiger partial charge in [0.05, 0.1) is 0 Å². The van der Waals surface area contributed by atoms with Gasteiger partial charge in [0.25, 0.3) is 0 Å². The minimum atomic E-state index is 0.629. The fourth-order valence-electron chi connectivity index (χ4n) is 5.94. The zero-order chi connectivity index (χ0) is 29.0. The third kappa shape index (κ3) is 38.2. The minimum Gasteiger partial charge on any atom is -0.371 e. The first-order valence-electron chi connectivity index (χ1n) is 18.4. The summed E-state index contributed by atoms with van der Waals surface area (Å²) in [7, 11) is 0. The van der Waals surface area contributed by atoms with Crippen LogP contribution < -0.4 is 11.1 Å². The minimum absolute atomic E-state index is 0.629. The van der Waals surface area contributed by atoms with Gasteiger partial charge in [-0.15, -0.1) is 12.6 Å². The van der Waals surface area contributed by atoms with Crippen molar-refractivity contribution in [3.05, 3.63) is 0 Å². The molecule has 0 unspecified atom stereocenters. The molecule has 0 bridgehead atoms. The van der Waals surface area contributed by atoms with E-state index in [9.17, 15) is 0 Å². The lowest BCUT2D eigenvalue weighted by molar-refractivity contribution is 0.511. The van der Waals surface area contributed by atoms with Crippen molar-refractivity contribution in [2.75, 3.05) is 13.1 Å². The van der Waals surface area contributed by atoms with Crippen LogP contribution in [0.2, 0.25) is 0 Å². The fourth-order valence-corrected chi connectivity index (χ4v) is 6.16. The topological polar surface area (TPSA) is 38.0 Å². The lowest BCUT2D eigenvalue weighted by Gasteiger charge is -2.05. The molecule has 0 saturated carbocycles. The summed E-state index contributed by atoms with van der Waals surface area (Å²) < 4.78 is 0.629. The van der Waals surface area contributed by atoms with Gasteiger partial charge in [-0.3, -0.25) is 0 Å². The van der Waals surface area contributed by atoms with Crippen LogP contribution in [-0.2, 0) is 0 Å². The Labute approximate surface area is 264 Å². The maximum atomic E-state index is 5.55. The van der Waals surface area contributed by atoms with Gasteiger partial charge in [-0.2, -0.15) is 0 Å². The number of rotatable bonds is 35. The molecule has 0 aromatic heterocycles. The summed E-state index contributed by atoms with van der Waals surface area (Å²) in [6.45, 7) is 1.86. The molecule has 0 aliphatic carbocycles. The SMILES string of the molecule is NCCCCCCCCCCCCCCCCCCCCCCCCCCCCCCCCCCCNC(=S)S. The molecule has 0 heterocycles. The van der Waals surface area contributed by atoms with E-state index in [1.165, 1.54) is 212 Å². The summed E-state index contributed by atoms with van der Waals surface area (Å²) in [4.78, 5) is 0. The molecule has 4 heteroatoms. The summed E-state index contributed by atoms with van der Waals surface area (Å²) in [5, 5.41) is 3.11. The molecule has 40 heavy (non-hydrogen) atoms. The fraction of sp³-hybridized carbons (Fsp3) is 0.972. The number of hydrogen-bond donors (Lipinski definition) is 3. The molecule has 0 aliphatic rings. The maximum absolute atomic E-state index is 5.55. The van der Waals surface area contributed by atoms with E-state index < -0.39 is 0 Å². The average Bonchev–Trinajstić information content (AvgIpc) is 2.95. The van der Waals surface area contributed by atoms with Crippen molar-refractivity contribution in [2.45, 2.75) is 212 Å². The Morgan fingerprint density at radius 2 is 0.525 bits per heavy atom. The molecule has 0 aromatic rings. The lowest BCUT2D eigenvalue weighted by Crippen LogP contribution is -2.17. The van der Waals surface area contributed by atoms with Gasteiger partial charge in [-0.05, 0) is 19.4 Å². The monoisotopic (exact) mass is 599 g/mol. The second kappa shape index (κ2) is 37.2. The highest BCUT2D eigenvalue weighted by molar-refractivity contribution is 8.11. The van der Waals surface area contributed by atoms with Crippen LogP contribution in [0.3, 0.4) is 0 Å². The van der Waals surface area contributed by atoms with Gasteiger partial charge in [0.15, 0.2) is 0 Å². The Bertz CT molecular complexity index is 472. The van der Waals surface area contributed by atoms with Gasteiger partial charge < -0.3 is 11.1 Å². The van der Waals surface area contributed by atoms with Gasteiger partial charge in [0.1, 0.15) is 4.32 Å². The molecule has 0 aromatic carbocycles. The summed E-state index contributed by atoms with van der Waals surface area (Å²) in [6.07, 6.45) is 47.4. The van der Waals surface area contributed by atoms with E-state index in [0.29, 0.717) is 4.32 Å². The molecule has 2 nitrogen and oxygen atoms in total. The van der Waals surface area contributed by atoms with E-state index in [1.54, 1.807) is 0 Å². The quantitative estimate of drug-likeness (QED) is 0.0386. The molecular formula is C36H74N2S2. The van der Waals surface area contributed by atoms with Crippen LogP contribution in [0.4, 0.5) is 0 Å². The number of nitrogens with one attached hydrogen (secondary N) is 1. The predicted molar refractivity (Wildman–Crippen MR) is 191 cm³/mol. The first-order chi connectivity index (χ1) is 19.8. The number of thiocarbonyl (C=S) groups is 1. The Balaban J connectivity index is 3.03. The first kappa shape index (κ1) is 40.2. The third-order valence-corrected chi connectivity index (χ3v) is 8.96. The van der Waals surface area contributed by atoms with Gasteiger partial charge in [-0.25, -0.2) is 0 Å². The number of thiol groups is 1.